The summed E-state index contributed by atoms with van der Waals surface area (Å²) in [7, 11) is 1.76. The maximum Gasteiger partial charge on any atom is 0.323 e. The lowest BCUT2D eigenvalue weighted by Gasteiger charge is -2.34. The number of aromatic nitrogens is 3. The van der Waals surface area contributed by atoms with Gasteiger partial charge in [-0.2, -0.15) is 15.0 Å². The van der Waals surface area contributed by atoms with Crippen LogP contribution in [0.4, 0.5) is 11.9 Å². The number of ether oxygens (including phenoxy) is 1. The third-order valence-electron chi connectivity index (χ3n) is 3.18. The average Bonchev–Trinajstić information content (AvgIpc) is 2.46. The Hall–Kier alpha value is -2.12. The van der Waals surface area contributed by atoms with Crippen LogP contribution >= 0.6 is 0 Å². The van der Waals surface area contributed by atoms with Crippen LogP contribution in [0.1, 0.15) is 20.8 Å². The van der Waals surface area contributed by atoms with E-state index >= 15 is 0 Å². The van der Waals surface area contributed by atoms with Crippen molar-refractivity contribution < 1.29 is 9.53 Å². The van der Waals surface area contributed by atoms with E-state index in [0.717, 1.165) is 0 Å². The molecule has 0 saturated carbocycles. The average molecular weight is 294 g/mol. The van der Waals surface area contributed by atoms with Crippen LogP contribution < -0.4 is 15.0 Å². The molecule has 0 radical (unpaired) electrons. The highest BCUT2D eigenvalue weighted by atomic mass is 16.5. The van der Waals surface area contributed by atoms with E-state index in [2.05, 4.69) is 20.3 Å². The Morgan fingerprint density at radius 1 is 1.19 bits per heavy atom. The SMILES string of the molecule is CNc1nc(OC(C)C)nc(N2CCN(C(C)=O)CC2)n1. The van der Waals surface area contributed by atoms with Gasteiger partial charge in [0.1, 0.15) is 0 Å². The third-order valence-corrected chi connectivity index (χ3v) is 3.18. The minimum atomic E-state index is -0.000448. The van der Waals surface area contributed by atoms with Gasteiger partial charge in [0.05, 0.1) is 6.10 Å². The standard InChI is InChI=1S/C13H22N6O2/c1-9(2)21-13-16-11(14-4)15-12(17-13)19-7-5-18(6-8-19)10(3)20/h9H,5-8H2,1-4H3,(H,14,15,16,17). The zero-order valence-electron chi connectivity index (χ0n) is 13.0. The first-order valence-electron chi connectivity index (χ1n) is 7.10. The third kappa shape index (κ3) is 3.93. The maximum atomic E-state index is 11.4. The molecule has 0 aromatic carbocycles. The fourth-order valence-corrected chi connectivity index (χ4v) is 2.08. The molecular formula is C13H22N6O2. The Morgan fingerprint density at radius 2 is 1.86 bits per heavy atom. The van der Waals surface area contributed by atoms with Gasteiger partial charge in [-0.25, -0.2) is 0 Å². The van der Waals surface area contributed by atoms with Gasteiger partial charge in [-0.05, 0) is 13.8 Å². The fraction of sp³-hybridized carbons (Fsp3) is 0.692. The van der Waals surface area contributed by atoms with Crippen LogP contribution in [0.3, 0.4) is 0 Å². The molecule has 0 aliphatic carbocycles. The van der Waals surface area contributed by atoms with Gasteiger partial charge in [-0.15, -0.1) is 0 Å². The second-order valence-electron chi connectivity index (χ2n) is 5.15. The highest BCUT2D eigenvalue weighted by Crippen LogP contribution is 2.17. The molecule has 0 atom stereocenters. The monoisotopic (exact) mass is 294 g/mol. The van der Waals surface area contributed by atoms with Crippen molar-refractivity contribution in [1.29, 1.82) is 0 Å². The molecule has 8 heteroatoms. The van der Waals surface area contributed by atoms with Crippen molar-refractivity contribution >= 4 is 17.8 Å². The van der Waals surface area contributed by atoms with Crippen molar-refractivity contribution in [1.82, 2.24) is 19.9 Å². The summed E-state index contributed by atoms with van der Waals surface area (Å²) >= 11 is 0. The fourth-order valence-electron chi connectivity index (χ4n) is 2.08. The quantitative estimate of drug-likeness (QED) is 0.858. The van der Waals surface area contributed by atoms with Gasteiger partial charge in [0.15, 0.2) is 0 Å². The number of rotatable bonds is 4. The van der Waals surface area contributed by atoms with E-state index in [1.54, 1.807) is 14.0 Å². The molecule has 2 heterocycles. The van der Waals surface area contributed by atoms with Crippen molar-refractivity contribution in [3.63, 3.8) is 0 Å². The summed E-state index contributed by atoms with van der Waals surface area (Å²) in [5.41, 5.74) is 0. The molecule has 1 aliphatic heterocycles. The highest BCUT2D eigenvalue weighted by molar-refractivity contribution is 5.73. The van der Waals surface area contributed by atoms with Crippen LogP contribution in [0.15, 0.2) is 0 Å². The van der Waals surface area contributed by atoms with Crippen LogP contribution in [0.25, 0.3) is 0 Å². The van der Waals surface area contributed by atoms with Gasteiger partial charge in [-0.3, -0.25) is 4.79 Å². The molecule has 21 heavy (non-hydrogen) atoms. The van der Waals surface area contributed by atoms with Gasteiger partial charge in [0.25, 0.3) is 0 Å². The molecule has 1 aromatic heterocycles. The van der Waals surface area contributed by atoms with E-state index in [9.17, 15) is 4.79 Å². The van der Waals surface area contributed by atoms with Gasteiger partial charge >= 0.3 is 6.01 Å². The predicted molar refractivity (Wildman–Crippen MR) is 79.6 cm³/mol. The Labute approximate surface area is 124 Å². The number of hydrogen-bond acceptors (Lipinski definition) is 7. The number of carbonyl (C=O) groups is 1. The molecule has 1 saturated heterocycles. The molecule has 1 N–H and O–H groups in total. The smallest absolute Gasteiger partial charge is 0.323 e. The number of nitrogens with one attached hydrogen (secondary N) is 1. The molecule has 2 rings (SSSR count). The molecule has 0 unspecified atom stereocenters. The lowest BCUT2D eigenvalue weighted by atomic mass is 10.3. The lowest BCUT2D eigenvalue weighted by molar-refractivity contribution is -0.129. The minimum absolute atomic E-state index is 0.000448. The summed E-state index contributed by atoms with van der Waals surface area (Å²) in [6.07, 6.45) is -0.000448. The largest absolute Gasteiger partial charge is 0.461 e. The summed E-state index contributed by atoms with van der Waals surface area (Å²) in [5, 5.41) is 2.91. The van der Waals surface area contributed by atoms with E-state index < -0.39 is 0 Å². The summed E-state index contributed by atoms with van der Waals surface area (Å²) in [4.78, 5) is 28.1. The zero-order valence-corrected chi connectivity index (χ0v) is 13.0. The second-order valence-corrected chi connectivity index (χ2v) is 5.15. The Morgan fingerprint density at radius 3 is 2.38 bits per heavy atom. The molecule has 1 aromatic rings. The minimum Gasteiger partial charge on any atom is -0.461 e. The summed E-state index contributed by atoms with van der Waals surface area (Å²) in [6, 6.07) is 0.313. The lowest BCUT2D eigenvalue weighted by Crippen LogP contribution is -2.48. The number of hydrogen-bond donors (Lipinski definition) is 1. The second kappa shape index (κ2) is 6.55. The number of anilines is 2. The molecule has 0 spiro atoms. The first-order valence-corrected chi connectivity index (χ1v) is 7.10. The summed E-state index contributed by atoms with van der Waals surface area (Å²) < 4.78 is 5.55. The maximum absolute atomic E-state index is 11.4. The summed E-state index contributed by atoms with van der Waals surface area (Å²) in [6.45, 7) is 8.20. The molecule has 0 bridgehead atoms. The van der Waals surface area contributed by atoms with Crippen molar-refractivity contribution in [2.75, 3.05) is 43.4 Å². The molecule has 8 nitrogen and oxygen atoms in total. The van der Waals surface area contributed by atoms with E-state index in [-0.39, 0.29) is 12.0 Å². The zero-order chi connectivity index (χ0) is 15.4. The van der Waals surface area contributed by atoms with Gasteiger partial charge in [0, 0.05) is 40.2 Å². The van der Waals surface area contributed by atoms with Gasteiger partial charge in [0.2, 0.25) is 17.8 Å². The number of amides is 1. The van der Waals surface area contributed by atoms with E-state index in [0.29, 0.717) is 44.1 Å². The molecular weight excluding hydrogens is 272 g/mol. The van der Waals surface area contributed by atoms with Crippen molar-refractivity contribution in [2.45, 2.75) is 26.9 Å². The van der Waals surface area contributed by atoms with Crippen molar-refractivity contribution in [3.05, 3.63) is 0 Å². The van der Waals surface area contributed by atoms with Crippen LogP contribution in [0.2, 0.25) is 0 Å². The molecule has 116 valence electrons. The predicted octanol–water partition coefficient (Wildman–Crippen LogP) is 0.369. The highest BCUT2D eigenvalue weighted by Gasteiger charge is 2.22. The van der Waals surface area contributed by atoms with E-state index in [4.69, 9.17) is 4.74 Å². The van der Waals surface area contributed by atoms with E-state index in [1.165, 1.54) is 0 Å². The normalized spacial score (nSPS) is 15.3. The van der Waals surface area contributed by atoms with Crippen LogP contribution in [0, 0.1) is 0 Å². The van der Waals surface area contributed by atoms with Crippen LogP contribution in [0.5, 0.6) is 6.01 Å². The Kier molecular flexibility index (Phi) is 4.77. The molecule has 1 fully saturated rings. The van der Waals surface area contributed by atoms with Crippen molar-refractivity contribution in [3.8, 4) is 6.01 Å². The van der Waals surface area contributed by atoms with Crippen molar-refractivity contribution in [2.24, 2.45) is 0 Å². The summed E-state index contributed by atoms with van der Waals surface area (Å²) in [5.74, 6) is 1.16. The van der Waals surface area contributed by atoms with Crippen LogP contribution in [-0.2, 0) is 4.79 Å². The first kappa shape index (κ1) is 15.3. The number of piperazine rings is 1. The van der Waals surface area contributed by atoms with E-state index in [1.807, 2.05) is 23.6 Å². The topological polar surface area (TPSA) is 83.5 Å². The molecule has 1 aliphatic rings. The Bertz CT molecular complexity index is 499. The Balaban J connectivity index is 2.14. The van der Waals surface area contributed by atoms with Gasteiger partial charge < -0.3 is 19.9 Å². The van der Waals surface area contributed by atoms with Crippen LogP contribution in [-0.4, -0.2) is 65.1 Å². The first-order chi connectivity index (χ1) is 9.99. The number of nitrogens with zero attached hydrogens (tertiary/aromatic N) is 5. The molecule has 1 amide bonds. The number of carbonyl (C=O) groups excluding carboxylic acids is 1. The van der Waals surface area contributed by atoms with Gasteiger partial charge in [-0.1, -0.05) is 0 Å².